The number of aromatic nitrogens is 2. The van der Waals surface area contributed by atoms with Gasteiger partial charge >= 0.3 is 24.3 Å². The van der Waals surface area contributed by atoms with Crippen molar-refractivity contribution < 1.29 is 55.7 Å². The van der Waals surface area contributed by atoms with Crippen molar-refractivity contribution in [3.05, 3.63) is 46.7 Å². The highest BCUT2D eigenvalue weighted by Gasteiger charge is 2.44. The molecule has 4 heterocycles. The van der Waals surface area contributed by atoms with E-state index in [1.165, 1.54) is 0 Å². The lowest BCUT2D eigenvalue weighted by atomic mass is 10.0. The number of rotatable bonds is 4. The van der Waals surface area contributed by atoms with Crippen LogP contribution in [0.1, 0.15) is 28.2 Å². The summed E-state index contributed by atoms with van der Waals surface area (Å²) in [5, 5.41) is 20.5. The van der Waals surface area contributed by atoms with Crippen LogP contribution in [0.3, 0.4) is 0 Å². The number of aliphatic carboxylic acids is 2. The minimum Gasteiger partial charge on any atom is -0.475 e. The number of likely N-dealkylation sites (tertiary alicyclic amines) is 1. The Morgan fingerprint density at radius 2 is 1.74 bits per heavy atom. The molecular weight excluding hydrogens is 550 g/mol. The summed E-state index contributed by atoms with van der Waals surface area (Å²) < 4.78 is 69.5. The Morgan fingerprint density at radius 3 is 2.24 bits per heavy atom. The van der Waals surface area contributed by atoms with Crippen molar-refractivity contribution in [1.29, 1.82) is 0 Å². The molecule has 210 valence electrons. The Balaban J connectivity index is 0.000000301. The Bertz CT molecular complexity index is 1030. The van der Waals surface area contributed by atoms with E-state index in [-0.39, 0.29) is 18.1 Å². The van der Waals surface area contributed by atoms with Gasteiger partial charge in [-0.15, -0.1) is 11.3 Å². The number of thiazole rings is 1. The van der Waals surface area contributed by atoms with Crippen molar-refractivity contribution in [3.8, 4) is 0 Å². The molecule has 0 unspecified atom stereocenters. The number of hydrogen-bond donors (Lipinski definition) is 3. The molecule has 2 aliphatic rings. The number of alkyl halides is 6. The van der Waals surface area contributed by atoms with Gasteiger partial charge in [-0.2, -0.15) is 26.3 Å². The van der Waals surface area contributed by atoms with Crippen molar-refractivity contribution in [2.45, 2.75) is 49.9 Å². The number of fused-ring (bicyclic) bond motifs is 1. The highest BCUT2D eigenvalue weighted by molar-refractivity contribution is 7.09. The number of carboxylic acid groups (broad SMARTS) is 2. The molecular formula is C21H22F6N4O6S. The Labute approximate surface area is 215 Å². The second kappa shape index (κ2) is 13.5. The van der Waals surface area contributed by atoms with Crippen LogP contribution < -0.4 is 5.32 Å². The molecule has 3 N–H and O–H groups in total. The first kappa shape index (κ1) is 30.9. The third kappa shape index (κ3) is 9.53. The van der Waals surface area contributed by atoms with E-state index < -0.39 is 24.3 Å². The topological polar surface area (TPSA) is 142 Å². The van der Waals surface area contributed by atoms with Crippen LogP contribution in [-0.2, 0) is 20.9 Å². The van der Waals surface area contributed by atoms with Crippen molar-refractivity contribution in [2.75, 3.05) is 13.2 Å². The summed E-state index contributed by atoms with van der Waals surface area (Å²) in [6.07, 6.45) is -2.83. The number of ether oxygens (including phenoxy) is 1. The number of hydrogen-bond acceptors (Lipinski definition) is 8. The fourth-order valence-corrected chi connectivity index (χ4v) is 4.26. The highest BCUT2D eigenvalue weighted by atomic mass is 32.1. The fraction of sp³-hybridized carbons (Fsp3) is 0.476. The monoisotopic (exact) mass is 572 g/mol. The molecule has 0 radical (unpaired) electrons. The van der Waals surface area contributed by atoms with Crippen molar-refractivity contribution in [3.63, 3.8) is 0 Å². The summed E-state index contributed by atoms with van der Waals surface area (Å²) in [7, 11) is 0. The number of nitrogens with one attached hydrogen (secondary N) is 1. The molecule has 3 atom stereocenters. The van der Waals surface area contributed by atoms with E-state index in [9.17, 15) is 31.1 Å². The van der Waals surface area contributed by atoms with Crippen LogP contribution in [0, 0.1) is 0 Å². The number of carboxylic acids is 2. The number of amides is 1. The molecule has 2 aromatic heterocycles. The Morgan fingerprint density at radius 1 is 1.11 bits per heavy atom. The van der Waals surface area contributed by atoms with E-state index in [1.807, 2.05) is 11.6 Å². The minimum absolute atomic E-state index is 0.00275. The van der Waals surface area contributed by atoms with Gasteiger partial charge in [0.05, 0.1) is 24.3 Å². The highest BCUT2D eigenvalue weighted by Crippen LogP contribution is 2.30. The lowest BCUT2D eigenvalue weighted by Crippen LogP contribution is -2.47. The number of nitrogens with zero attached hydrogens (tertiary/aromatic N) is 3. The largest absolute Gasteiger partial charge is 0.490 e. The normalized spacial score (nSPS) is 21.2. The molecule has 2 fully saturated rings. The summed E-state index contributed by atoms with van der Waals surface area (Å²) in [5.74, 6) is -5.60. The standard InChI is InChI=1S/C17H20N4O2S.2C2HF3O2/c22-17(12-3-1-5-18-9-12)20-13-10-21(11-15-19-6-8-24-15)14-4-2-7-23-16(13)14;2*3-2(4,5)1(6)7/h1,3,5-6,8-9,13-14,16H,2,4,7,10-11H2,(H,20,22);2*(H,6,7)/t13-,14-,16-;;/m1../s1. The van der Waals surface area contributed by atoms with Crippen molar-refractivity contribution in [2.24, 2.45) is 0 Å². The predicted molar refractivity (Wildman–Crippen MR) is 118 cm³/mol. The van der Waals surface area contributed by atoms with Gasteiger partial charge in [-0.3, -0.25) is 14.7 Å². The molecule has 38 heavy (non-hydrogen) atoms. The molecule has 1 amide bonds. The van der Waals surface area contributed by atoms with E-state index in [4.69, 9.17) is 24.5 Å². The first-order chi connectivity index (χ1) is 17.7. The zero-order valence-corrected chi connectivity index (χ0v) is 20.1. The first-order valence-corrected chi connectivity index (χ1v) is 11.6. The van der Waals surface area contributed by atoms with E-state index in [0.29, 0.717) is 11.6 Å². The zero-order valence-electron chi connectivity index (χ0n) is 19.3. The molecule has 0 saturated carbocycles. The molecule has 0 aromatic carbocycles. The van der Waals surface area contributed by atoms with Crippen molar-refractivity contribution in [1.82, 2.24) is 20.2 Å². The second-order valence-corrected chi connectivity index (χ2v) is 8.81. The maximum absolute atomic E-state index is 12.5. The van der Waals surface area contributed by atoms with Crippen LogP contribution in [0.25, 0.3) is 0 Å². The zero-order chi connectivity index (χ0) is 28.5. The lowest BCUT2D eigenvalue weighted by Gasteiger charge is -2.32. The third-order valence-electron chi connectivity index (χ3n) is 5.18. The molecule has 4 rings (SSSR count). The van der Waals surface area contributed by atoms with E-state index in [0.717, 1.165) is 37.5 Å². The summed E-state index contributed by atoms with van der Waals surface area (Å²) in [5.41, 5.74) is 0.586. The van der Waals surface area contributed by atoms with Crippen LogP contribution in [0.15, 0.2) is 36.1 Å². The van der Waals surface area contributed by atoms with Gasteiger partial charge in [-0.05, 0) is 25.0 Å². The summed E-state index contributed by atoms with van der Waals surface area (Å²) in [4.78, 5) is 41.1. The summed E-state index contributed by atoms with van der Waals surface area (Å²) in [6, 6.07) is 3.91. The maximum Gasteiger partial charge on any atom is 0.490 e. The summed E-state index contributed by atoms with van der Waals surface area (Å²) >= 11 is 1.67. The van der Waals surface area contributed by atoms with Gasteiger partial charge < -0.3 is 20.3 Å². The average molecular weight is 572 g/mol. The van der Waals surface area contributed by atoms with E-state index in [2.05, 4.69) is 20.2 Å². The van der Waals surface area contributed by atoms with Crippen LogP contribution in [-0.4, -0.2) is 86.6 Å². The molecule has 0 bridgehead atoms. The molecule has 10 nitrogen and oxygen atoms in total. The average Bonchev–Trinajstić information content (AvgIpc) is 3.48. The molecule has 0 spiro atoms. The SMILES string of the molecule is O=C(N[C@@H]1CN(Cc2nccs2)[C@@H]2CCCO[C@@H]21)c1cccnc1.O=C(O)C(F)(F)F.O=C(O)C(F)(F)F. The van der Waals surface area contributed by atoms with Gasteiger partial charge in [0.15, 0.2) is 0 Å². The van der Waals surface area contributed by atoms with Gasteiger partial charge in [0.2, 0.25) is 0 Å². The molecule has 2 aliphatic heterocycles. The molecule has 2 saturated heterocycles. The minimum atomic E-state index is -5.08. The smallest absolute Gasteiger partial charge is 0.475 e. The molecule has 17 heteroatoms. The number of carbonyl (C=O) groups excluding carboxylic acids is 1. The van der Waals surface area contributed by atoms with Gasteiger partial charge in [0.25, 0.3) is 5.91 Å². The van der Waals surface area contributed by atoms with Gasteiger partial charge in [-0.25, -0.2) is 14.6 Å². The number of pyridine rings is 1. The van der Waals surface area contributed by atoms with Crippen LogP contribution in [0.5, 0.6) is 0 Å². The van der Waals surface area contributed by atoms with Gasteiger partial charge in [0.1, 0.15) is 5.01 Å². The van der Waals surface area contributed by atoms with E-state index >= 15 is 0 Å². The Hall–Kier alpha value is -3.31. The second-order valence-electron chi connectivity index (χ2n) is 7.83. The molecule has 2 aromatic rings. The molecule has 0 aliphatic carbocycles. The maximum atomic E-state index is 12.5. The van der Waals surface area contributed by atoms with Gasteiger partial charge in [-0.1, -0.05) is 0 Å². The quantitative estimate of drug-likeness (QED) is 0.472. The third-order valence-corrected chi connectivity index (χ3v) is 5.94. The fourth-order valence-electron chi connectivity index (χ4n) is 3.62. The lowest BCUT2D eigenvalue weighted by molar-refractivity contribution is -0.193. The Kier molecular flexibility index (Phi) is 11.0. The van der Waals surface area contributed by atoms with Crippen LogP contribution >= 0.6 is 11.3 Å². The number of carbonyl (C=O) groups is 3. The van der Waals surface area contributed by atoms with Crippen molar-refractivity contribution >= 4 is 29.2 Å². The first-order valence-electron chi connectivity index (χ1n) is 10.7. The van der Waals surface area contributed by atoms with Crippen LogP contribution in [0.2, 0.25) is 0 Å². The number of halogens is 6. The van der Waals surface area contributed by atoms with E-state index in [1.54, 1.807) is 35.9 Å². The summed E-state index contributed by atoms with van der Waals surface area (Å²) in [6.45, 7) is 2.38. The van der Waals surface area contributed by atoms with Crippen LogP contribution in [0.4, 0.5) is 26.3 Å². The van der Waals surface area contributed by atoms with Gasteiger partial charge in [0, 0.05) is 43.2 Å². The predicted octanol–water partition coefficient (Wildman–Crippen LogP) is 2.97.